The van der Waals surface area contributed by atoms with Crippen molar-refractivity contribution in [3.8, 4) is 11.5 Å². The Morgan fingerprint density at radius 2 is 1.56 bits per heavy atom. The molecule has 5 rings (SSSR count). The van der Waals surface area contributed by atoms with Gasteiger partial charge >= 0.3 is 5.97 Å². The van der Waals surface area contributed by atoms with Gasteiger partial charge in [0.1, 0.15) is 29.7 Å². The van der Waals surface area contributed by atoms with Crippen molar-refractivity contribution in [1.82, 2.24) is 9.62 Å². The molecular weight excluding hydrogens is 578 g/mol. The van der Waals surface area contributed by atoms with Gasteiger partial charge in [-0.1, -0.05) is 45.0 Å². The first-order valence-corrected chi connectivity index (χ1v) is 15.7. The molecule has 0 aromatic heterocycles. The fourth-order valence-corrected chi connectivity index (χ4v) is 7.08. The first-order valence-electron chi connectivity index (χ1n) is 14.2. The molecule has 3 aromatic rings. The molecule has 2 N–H and O–H groups in total. The number of fused-ring (bicyclic) bond motifs is 1. The molecule has 1 saturated carbocycles. The minimum atomic E-state index is -3.95. The van der Waals surface area contributed by atoms with Crippen molar-refractivity contribution < 1.29 is 36.6 Å². The van der Waals surface area contributed by atoms with Gasteiger partial charge in [-0.05, 0) is 64.8 Å². The Morgan fingerprint density at radius 1 is 0.977 bits per heavy atom. The molecule has 0 bridgehead atoms. The predicted molar refractivity (Wildman–Crippen MR) is 157 cm³/mol. The molecule has 43 heavy (non-hydrogen) atoms. The summed E-state index contributed by atoms with van der Waals surface area (Å²) < 4.78 is 65.5. The highest BCUT2D eigenvalue weighted by atomic mass is 32.2. The van der Waals surface area contributed by atoms with E-state index in [2.05, 4.69) is 26.1 Å². The van der Waals surface area contributed by atoms with Crippen molar-refractivity contribution in [3.63, 3.8) is 0 Å². The molecule has 2 aliphatic rings. The highest BCUT2D eigenvalue weighted by molar-refractivity contribution is 7.89. The number of carboxylic acids is 1. The Bertz CT molecular complexity index is 1530. The summed E-state index contributed by atoms with van der Waals surface area (Å²) in [6.45, 7) is 7.88. The van der Waals surface area contributed by atoms with Crippen molar-refractivity contribution >= 4 is 16.0 Å². The third kappa shape index (κ3) is 7.34. The first-order chi connectivity index (χ1) is 20.3. The van der Waals surface area contributed by atoms with Gasteiger partial charge in [0.15, 0.2) is 6.10 Å². The molecule has 8 nitrogen and oxygen atoms in total. The number of nitrogens with zero attached hydrogens (tertiary/aromatic N) is 1. The summed E-state index contributed by atoms with van der Waals surface area (Å²) in [7, 11) is -3.95. The molecule has 0 spiro atoms. The maximum atomic E-state index is 13.5. The Morgan fingerprint density at radius 3 is 2.12 bits per heavy atom. The number of hydrogen-bond donors (Lipinski definition) is 2. The van der Waals surface area contributed by atoms with E-state index >= 15 is 0 Å². The minimum absolute atomic E-state index is 0.00902. The zero-order chi connectivity index (χ0) is 30.9. The summed E-state index contributed by atoms with van der Waals surface area (Å²) in [5, 5.41) is 13.1. The van der Waals surface area contributed by atoms with E-state index in [1.54, 1.807) is 24.3 Å². The van der Waals surface area contributed by atoms with Crippen molar-refractivity contribution in [1.29, 1.82) is 0 Å². The van der Waals surface area contributed by atoms with Crippen molar-refractivity contribution in [3.05, 3.63) is 89.5 Å². The van der Waals surface area contributed by atoms with Crippen LogP contribution in [-0.2, 0) is 26.7 Å². The monoisotopic (exact) mass is 614 g/mol. The van der Waals surface area contributed by atoms with E-state index in [1.165, 1.54) is 4.31 Å². The van der Waals surface area contributed by atoms with E-state index in [0.717, 1.165) is 23.3 Å². The average molecular weight is 615 g/mol. The molecule has 11 heteroatoms. The SMILES string of the molecule is CC(C)(C)c1ccc(O[C@@H](Cc2ccc(OCCN[C@@H]3C4CN(S(=O)(=O)c5cc(F)cc(F)c5)C[C@H]43)cc2)C(=O)O)cc1. The topological polar surface area (TPSA) is 105 Å². The number of piperidine rings is 1. The van der Waals surface area contributed by atoms with Crippen molar-refractivity contribution in [2.45, 2.75) is 49.6 Å². The summed E-state index contributed by atoms with van der Waals surface area (Å²) in [6, 6.07) is 17.2. The molecule has 3 aromatic carbocycles. The second-order valence-electron chi connectivity index (χ2n) is 12.2. The fraction of sp³-hybridized carbons (Fsp3) is 0.406. The Labute approximate surface area is 250 Å². The molecule has 1 aliphatic carbocycles. The number of rotatable bonds is 12. The maximum Gasteiger partial charge on any atom is 0.345 e. The molecule has 1 unspecified atom stereocenters. The number of sulfonamides is 1. The predicted octanol–water partition coefficient (Wildman–Crippen LogP) is 4.62. The number of carboxylic acid groups (broad SMARTS) is 1. The summed E-state index contributed by atoms with van der Waals surface area (Å²) >= 11 is 0. The number of hydrogen-bond acceptors (Lipinski definition) is 6. The van der Waals surface area contributed by atoms with Crippen LogP contribution in [0.5, 0.6) is 11.5 Å². The molecular formula is C32H36F2N2O6S. The van der Waals surface area contributed by atoms with Gasteiger partial charge in [-0.25, -0.2) is 22.0 Å². The first kappa shape index (κ1) is 30.9. The zero-order valence-electron chi connectivity index (χ0n) is 24.3. The van der Waals surface area contributed by atoms with Gasteiger partial charge in [-0.15, -0.1) is 0 Å². The summed E-state index contributed by atoms with van der Waals surface area (Å²) in [5.74, 6) is -1.45. The van der Waals surface area contributed by atoms with E-state index in [9.17, 15) is 27.1 Å². The highest BCUT2D eigenvalue weighted by Crippen LogP contribution is 2.47. The van der Waals surface area contributed by atoms with Gasteiger partial charge in [0.2, 0.25) is 10.0 Å². The van der Waals surface area contributed by atoms with Crippen LogP contribution >= 0.6 is 0 Å². The van der Waals surface area contributed by atoms with Crippen LogP contribution in [0.2, 0.25) is 0 Å². The van der Waals surface area contributed by atoms with Gasteiger partial charge in [0.05, 0.1) is 4.90 Å². The van der Waals surface area contributed by atoms with Gasteiger partial charge in [-0.2, -0.15) is 4.31 Å². The summed E-state index contributed by atoms with van der Waals surface area (Å²) in [6.07, 6.45) is -0.834. The van der Waals surface area contributed by atoms with Crippen LogP contribution < -0.4 is 14.8 Å². The summed E-state index contributed by atoms with van der Waals surface area (Å²) in [5.41, 5.74) is 1.93. The smallest absolute Gasteiger partial charge is 0.345 e. The quantitative estimate of drug-likeness (QED) is 0.287. The lowest BCUT2D eigenvalue weighted by Gasteiger charge is -2.20. The number of carbonyl (C=O) groups is 1. The number of benzene rings is 3. The summed E-state index contributed by atoms with van der Waals surface area (Å²) in [4.78, 5) is 11.5. The van der Waals surface area contributed by atoms with Crippen LogP contribution in [0.15, 0.2) is 71.6 Å². The third-order valence-electron chi connectivity index (χ3n) is 8.00. The van der Waals surface area contributed by atoms with E-state index in [4.69, 9.17) is 9.47 Å². The average Bonchev–Trinajstić information content (AvgIpc) is 3.37. The maximum absolute atomic E-state index is 13.5. The lowest BCUT2D eigenvalue weighted by molar-refractivity contribution is -0.145. The van der Waals surface area contributed by atoms with Gasteiger partial charge in [0, 0.05) is 38.2 Å². The minimum Gasteiger partial charge on any atom is -0.492 e. The molecule has 1 heterocycles. The van der Waals surface area contributed by atoms with E-state index in [1.807, 2.05) is 24.3 Å². The van der Waals surface area contributed by atoms with Crippen LogP contribution in [-0.4, -0.2) is 62.2 Å². The lowest BCUT2D eigenvalue weighted by atomic mass is 9.87. The molecule has 4 atom stereocenters. The number of ether oxygens (including phenoxy) is 2. The second kappa shape index (κ2) is 12.2. The molecule has 0 amide bonds. The Balaban J connectivity index is 1.04. The second-order valence-corrected chi connectivity index (χ2v) is 14.1. The van der Waals surface area contributed by atoms with Crippen LogP contribution in [0, 0.1) is 23.5 Å². The highest BCUT2D eigenvalue weighted by Gasteiger charge is 2.57. The van der Waals surface area contributed by atoms with Crippen LogP contribution in [0.25, 0.3) is 0 Å². The van der Waals surface area contributed by atoms with E-state index < -0.39 is 33.7 Å². The molecule has 2 fully saturated rings. The van der Waals surface area contributed by atoms with Gasteiger partial charge in [0.25, 0.3) is 0 Å². The fourth-order valence-electron chi connectivity index (χ4n) is 5.52. The van der Waals surface area contributed by atoms with Crippen LogP contribution in [0.1, 0.15) is 31.9 Å². The molecule has 1 saturated heterocycles. The number of halogens is 2. The van der Waals surface area contributed by atoms with Gasteiger partial charge in [-0.3, -0.25) is 0 Å². The van der Waals surface area contributed by atoms with Crippen molar-refractivity contribution in [2.24, 2.45) is 11.8 Å². The van der Waals surface area contributed by atoms with E-state index in [0.29, 0.717) is 43.8 Å². The normalized spacial score (nSPS) is 20.8. The largest absolute Gasteiger partial charge is 0.492 e. The molecule has 230 valence electrons. The Hall–Kier alpha value is -3.54. The lowest BCUT2D eigenvalue weighted by Crippen LogP contribution is -2.36. The van der Waals surface area contributed by atoms with Crippen LogP contribution in [0.3, 0.4) is 0 Å². The number of aliphatic carboxylic acids is 1. The van der Waals surface area contributed by atoms with Gasteiger partial charge < -0.3 is 19.9 Å². The standard InChI is InChI=1S/C32H36F2N2O6S/c1-32(2,3)21-6-10-25(11-7-21)42-29(31(37)38)14-20-4-8-24(9-5-20)41-13-12-35-30-27-18-36(19-28(27)30)43(39,40)26-16-22(33)15-23(34)17-26/h4-11,15-17,27-30,35H,12-14,18-19H2,1-3H3,(H,37,38)/t27-,28?,29+,30+/m1/s1. The molecule has 0 radical (unpaired) electrons. The zero-order valence-corrected chi connectivity index (χ0v) is 25.1. The Kier molecular flexibility index (Phi) is 8.78. The van der Waals surface area contributed by atoms with Crippen molar-refractivity contribution in [2.75, 3.05) is 26.2 Å². The molecule has 1 aliphatic heterocycles. The number of nitrogens with one attached hydrogen (secondary N) is 1. The van der Waals surface area contributed by atoms with E-state index in [-0.39, 0.29) is 34.6 Å². The van der Waals surface area contributed by atoms with Crippen LogP contribution in [0.4, 0.5) is 8.78 Å². The third-order valence-corrected chi connectivity index (χ3v) is 9.81.